The van der Waals surface area contributed by atoms with Crippen LogP contribution >= 0.6 is 20.7 Å². The van der Waals surface area contributed by atoms with Crippen LogP contribution in [0.4, 0.5) is 20.3 Å². The molecule has 1 unspecified atom stereocenters. The Morgan fingerprint density at radius 1 is 1.15 bits per heavy atom. The number of halogens is 3. The fourth-order valence-electron chi connectivity index (χ4n) is 5.91. The second kappa shape index (κ2) is 14.8. The number of methoxy groups -OCH3 is 1. The summed E-state index contributed by atoms with van der Waals surface area (Å²) in [5.41, 5.74) is 2.48. The van der Waals surface area contributed by atoms with E-state index in [4.69, 9.17) is 9.47 Å². The highest BCUT2D eigenvalue weighted by atomic mass is 127. The van der Waals surface area contributed by atoms with Gasteiger partial charge in [-0.1, -0.05) is 10.6 Å². The lowest BCUT2D eigenvalue weighted by Crippen LogP contribution is -2.41. The SMILES string of the molecule is C=IC(F)(F)CN(C(=O)c1ccc(OC)cc1N1CCC(COc2cc(C(CC(=O)O)C3CC3)ccn2)CC1)c1cccc(C)n1. The molecule has 1 aliphatic carbocycles. The number of anilines is 2. The van der Waals surface area contributed by atoms with E-state index in [2.05, 4.69) is 19.4 Å². The lowest BCUT2D eigenvalue weighted by atomic mass is 9.92. The smallest absolute Gasteiger partial charge is 0.308 e. The number of hydrogen-bond acceptors (Lipinski definition) is 7. The number of piperidine rings is 1. The molecule has 1 N–H and O–H groups in total. The number of hydrogen-bond donors (Lipinski definition) is 1. The van der Waals surface area contributed by atoms with Crippen LogP contribution in [-0.4, -0.2) is 68.7 Å². The van der Waals surface area contributed by atoms with Crippen molar-refractivity contribution < 1.29 is 33.0 Å². The Morgan fingerprint density at radius 3 is 2.57 bits per heavy atom. The van der Waals surface area contributed by atoms with E-state index in [-0.39, 0.29) is 24.1 Å². The van der Waals surface area contributed by atoms with Crippen molar-refractivity contribution in [2.24, 2.45) is 11.8 Å². The molecule has 9 nitrogen and oxygen atoms in total. The molecule has 1 aliphatic heterocycles. The predicted octanol–water partition coefficient (Wildman–Crippen LogP) is 6.70. The third-order valence-corrected chi connectivity index (χ3v) is 10.0. The molecule has 2 fully saturated rings. The maximum Gasteiger partial charge on any atom is 0.308 e. The van der Waals surface area contributed by atoms with Gasteiger partial charge in [0.1, 0.15) is 18.1 Å². The fourth-order valence-corrected chi connectivity index (χ4v) is 6.49. The van der Waals surface area contributed by atoms with Crippen molar-refractivity contribution in [3.05, 3.63) is 71.5 Å². The zero-order valence-corrected chi connectivity index (χ0v) is 28.2. The van der Waals surface area contributed by atoms with Crippen LogP contribution in [0, 0.1) is 18.8 Å². The zero-order valence-electron chi connectivity index (χ0n) is 26.0. The number of pyridine rings is 2. The number of benzene rings is 1. The number of aromatic nitrogens is 2. The number of nitrogens with zero attached hydrogens (tertiary/aromatic N) is 4. The minimum atomic E-state index is -3.09. The Labute approximate surface area is 277 Å². The van der Waals surface area contributed by atoms with Gasteiger partial charge in [0.05, 0.1) is 31.4 Å². The maximum atomic E-state index is 14.7. The number of carbonyl (C=O) groups is 2. The molecular weight excluding hydrogens is 709 g/mol. The normalized spacial score (nSPS) is 16.1. The first-order chi connectivity index (χ1) is 22.1. The number of carbonyl (C=O) groups excluding carboxylic acids is 1. The van der Waals surface area contributed by atoms with Gasteiger partial charge in [0.2, 0.25) is 5.88 Å². The lowest BCUT2D eigenvalue weighted by Gasteiger charge is -2.35. The summed E-state index contributed by atoms with van der Waals surface area (Å²) in [6.07, 6.45) is 5.42. The molecule has 1 atom stereocenters. The summed E-state index contributed by atoms with van der Waals surface area (Å²) in [6, 6.07) is 13.8. The Hall–Kier alpha value is -3.68. The van der Waals surface area contributed by atoms with E-state index in [9.17, 15) is 23.5 Å². The van der Waals surface area contributed by atoms with Crippen molar-refractivity contribution >= 4 is 48.6 Å². The van der Waals surface area contributed by atoms with Crippen molar-refractivity contribution in [2.75, 3.05) is 43.2 Å². The highest BCUT2D eigenvalue weighted by Gasteiger charge is 2.36. The molecule has 2 aromatic heterocycles. The van der Waals surface area contributed by atoms with Crippen LogP contribution in [0.3, 0.4) is 0 Å². The molecule has 0 radical (unpaired) electrons. The summed E-state index contributed by atoms with van der Waals surface area (Å²) < 4.78 is 41.4. The summed E-state index contributed by atoms with van der Waals surface area (Å²) >= 11 is -1.71. The second-order valence-corrected chi connectivity index (χ2v) is 14.2. The quantitative estimate of drug-likeness (QED) is 0.144. The van der Waals surface area contributed by atoms with Gasteiger partial charge in [-0.25, -0.2) is 9.97 Å². The number of aliphatic carboxylic acids is 1. The van der Waals surface area contributed by atoms with E-state index in [0.717, 1.165) is 36.1 Å². The molecule has 246 valence electrons. The van der Waals surface area contributed by atoms with Gasteiger partial charge in [-0.05, 0) is 107 Å². The van der Waals surface area contributed by atoms with Crippen LogP contribution in [-0.2, 0) is 4.79 Å². The minimum Gasteiger partial charge on any atom is -0.497 e. The van der Waals surface area contributed by atoms with Gasteiger partial charge in [-0.2, -0.15) is 8.78 Å². The number of ether oxygens (including phenoxy) is 2. The van der Waals surface area contributed by atoms with Gasteiger partial charge in [0.15, 0.2) is 0 Å². The fraction of sp³-hybridized carbons (Fsp3) is 0.441. The van der Waals surface area contributed by atoms with Crippen molar-refractivity contribution in [3.63, 3.8) is 0 Å². The van der Waals surface area contributed by atoms with E-state index in [1.807, 2.05) is 12.1 Å². The van der Waals surface area contributed by atoms with Crippen LogP contribution < -0.4 is 19.3 Å². The number of alkyl halides is 3. The molecule has 5 rings (SSSR count). The number of carboxylic acids is 1. The Bertz CT molecular complexity index is 1560. The van der Waals surface area contributed by atoms with Gasteiger partial charge >= 0.3 is 9.90 Å². The number of amides is 1. The molecule has 3 heterocycles. The monoisotopic (exact) mass is 748 g/mol. The van der Waals surface area contributed by atoms with Crippen LogP contribution in [0.1, 0.15) is 59.6 Å². The molecule has 2 aliphatic rings. The molecule has 12 heteroatoms. The first-order valence-corrected chi connectivity index (χ1v) is 17.9. The van der Waals surface area contributed by atoms with Crippen LogP contribution in [0.5, 0.6) is 11.6 Å². The van der Waals surface area contributed by atoms with E-state index < -0.39 is 43.1 Å². The second-order valence-electron chi connectivity index (χ2n) is 11.9. The summed E-state index contributed by atoms with van der Waals surface area (Å²) in [7, 11) is 1.54. The van der Waals surface area contributed by atoms with Crippen molar-refractivity contribution in [1.29, 1.82) is 0 Å². The largest absolute Gasteiger partial charge is 0.497 e. The topological polar surface area (TPSA) is 105 Å². The third-order valence-electron chi connectivity index (χ3n) is 8.56. The van der Waals surface area contributed by atoms with Gasteiger partial charge < -0.3 is 19.5 Å². The zero-order chi connectivity index (χ0) is 32.8. The van der Waals surface area contributed by atoms with Crippen molar-refractivity contribution in [2.45, 2.75) is 48.9 Å². The average molecular weight is 749 g/mol. The predicted molar refractivity (Wildman–Crippen MR) is 182 cm³/mol. The third kappa shape index (κ3) is 8.56. The van der Waals surface area contributed by atoms with Crippen LogP contribution in [0.2, 0.25) is 0 Å². The summed E-state index contributed by atoms with van der Waals surface area (Å²) in [6.45, 7) is 2.66. The average Bonchev–Trinajstić information content (AvgIpc) is 3.90. The number of aryl methyl sites for hydroxylation is 1. The molecule has 0 spiro atoms. The highest BCUT2D eigenvalue weighted by molar-refractivity contribution is 14.2. The summed E-state index contributed by atoms with van der Waals surface area (Å²) in [4.78, 5) is 37.4. The molecule has 3 aromatic rings. The van der Waals surface area contributed by atoms with Crippen LogP contribution in [0.25, 0.3) is 0 Å². The first-order valence-electron chi connectivity index (χ1n) is 15.3. The van der Waals surface area contributed by atoms with E-state index in [0.29, 0.717) is 54.2 Å². The molecule has 1 saturated heterocycles. The molecule has 1 amide bonds. The Morgan fingerprint density at radius 2 is 1.91 bits per heavy atom. The number of carboxylic acid groups (broad SMARTS) is 1. The standard InChI is InChI=1S/C34H39F2IN4O5/c1-22-5-4-6-30(39-22)41(21-34(35,36)37-2)33(44)27-10-9-26(45-3)18-29(27)40-15-12-23(13-16-40)20-46-31-17-25(11-14-38-31)28(19-32(42)43)24-7-8-24/h4-6,9-11,14,17-18,23-24,28H,2,7-8,12-13,15-16,19-21H2,1,3H3,(H,42,43). The van der Waals surface area contributed by atoms with E-state index in [1.54, 1.807) is 56.6 Å². The molecule has 1 saturated carbocycles. The van der Waals surface area contributed by atoms with Gasteiger partial charge in [0, 0.05) is 37.1 Å². The minimum absolute atomic E-state index is 0.0324. The first kappa shape index (κ1) is 33.7. The lowest BCUT2D eigenvalue weighted by molar-refractivity contribution is -0.137. The summed E-state index contributed by atoms with van der Waals surface area (Å²) in [5.74, 6) is 0.451. The van der Waals surface area contributed by atoms with Gasteiger partial charge in [-0.3, -0.25) is 14.5 Å². The molecule has 1 aromatic carbocycles. The Balaban J connectivity index is 1.29. The maximum absolute atomic E-state index is 14.7. The molecule has 46 heavy (non-hydrogen) atoms. The number of rotatable bonds is 14. The Kier molecular flexibility index (Phi) is 10.9. The molecule has 0 bridgehead atoms. The van der Waals surface area contributed by atoms with Gasteiger partial charge in [0.25, 0.3) is 5.91 Å². The van der Waals surface area contributed by atoms with E-state index in [1.165, 1.54) is 0 Å². The van der Waals surface area contributed by atoms with E-state index >= 15 is 0 Å². The van der Waals surface area contributed by atoms with Crippen molar-refractivity contribution in [3.8, 4) is 11.6 Å². The van der Waals surface area contributed by atoms with Gasteiger partial charge in [-0.15, -0.1) is 0 Å². The highest BCUT2D eigenvalue weighted by Crippen LogP contribution is 2.45. The summed E-state index contributed by atoms with van der Waals surface area (Å²) in [5, 5.41) is 9.38. The molecular formula is C34H39F2IN4O5. The van der Waals surface area contributed by atoms with Crippen molar-refractivity contribution in [1.82, 2.24) is 9.97 Å². The van der Waals surface area contributed by atoms with Crippen LogP contribution in [0.15, 0.2) is 54.7 Å².